The van der Waals surface area contributed by atoms with E-state index < -0.39 is 0 Å². The Hall–Kier alpha value is -3.22. The molecule has 26 heavy (non-hydrogen) atoms. The van der Waals surface area contributed by atoms with Gasteiger partial charge in [0.2, 0.25) is 11.7 Å². The molecule has 0 radical (unpaired) electrons. The fourth-order valence-electron chi connectivity index (χ4n) is 3.08. The minimum absolute atomic E-state index is 0.0647. The topological polar surface area (TPSA) is 75.4 Å². The summed E-state index contributed by atoms with van der Waals surface area (Å²) in [6.45, 7) is 4.78. The third-order valence-electron chi connectivity index (χ3n) is 4.51. The minimum Gasteiger partial charge on any atom is -0.368 e. The number of pyridine rings is 1. The number of amides is 1. The Kier molecular flexibility index (Phi) is 4.35. The highest BCUT2D eigenvalue weighted by Crippen LogP contribution is 2.22. The maximum Gasteiger partial charge on any atom is 0.254 e. The quantitative estimate of drug-likeness (QED) is 0.723. The summed E-state index contributed by atoms with van der Waals surface area (Å²) in [6, 6.07) is 11.6. The maximum atomic E-state index is 12.5. The summed E-state index contributed by atoms with van der Waals surface area (Å²) in [5.74, 6) is 1.22. The van der Waals surface area contributed by atoms with Crippen LogP contribution in [0.4, 0.5) is 5.69 Å². The average molecular weight is 349 g/mol. The molecule has 0 spiro atoms. The van der Waals surface area contributed by atoms with Crippen LogP contribution >= 0.6 is 0 Å². The minimum atomic E-state index is 0.0647. The first-order chi connectivity index (χ1) is 12.7. The molecular weight excluding hydrogens is 330 g/mol. The van der Waals surface area contributed by atoms with Crippen molar-refractivity contribution >= 4 is 11.6 Å². The van der Waals surface area contributed by atoms with E-state index in [9.17, 15) is 4.79 Å². The van der Waals surface area contributed by atoms with Crippen molar-refractivity contribution in [1.29, 1.82) is 0 Å². The molecule has 0 bridgehead atoms. The number of carbonyl (C=O) groups is 1. The SMILES string of the molecule is Cc1nc(-c2ccc(N3CCN(C(=O)c4ccncc4)CC3)cc2)no1. The Bertz CT molecular complexity index is 884. The Morgan fingerprint density at radius 3 is 2.31 bits per heavy atom. The van der Waals surface area contributed by atoms with Crippen LogP contribution in [-0.4, -0.2) is 52.1 Å². The number of nitrogens with zero attached hydrogens (tertiary/aromatic N) is 5. The van der Waals surface area contributed by atoms with Gasteiger partial charge in [-0.15, -0.1) is 0 Å². The van der Waals surface area contributed by atoms with Gasteiger partial charge in [0, 0.05) is 62.3 Å². The molecule has 1 fully saturated rings. The van der Waals surface area contributed by atoms with Crippen LogP contribution in [-0.2, 0) is 0 Å². The number of aromatic nitrogens is 3. The summed E-state index contributed by atoms with van der Waals surface area (Å²) < 4.78 is 5.02. The van der Waals surface area contributed by atoms with Gasteiger partial charge >= 0.3 is 0 Å². The number of benzene rings is 1. The first kappa shape index (κ1) is 16.3. The zero-order chi connectivity index (χ0) is 17.9. The van der Waals surface area contributed by atoms with Crippen LogP contribution in [0.3, 0.4) is 0 Å². The summed E-state index contributed by atoms with van der Waals surface area (Å²) in [4.78, 5) is 24.9. The fraction of sp³-hybridized carbons (Fsp3) is 0.263. The summed E-state index contributed by atoms with van der Waals surface area (Å²) in [7, 11) is 0. The molecule has 7 nitrogen and oxygen atoms in total. The molecule has 132 valence electrons. The lowest BCUT2D eigenvalue weighted by Crippen LogP contribution is -2.48. The van der Waals surface area contributed by atoms with Gasteiger partial charge in [0.15, 0.2) is 0 Å². The zero-order valence-corrected chi connectivity index (χ0v) is 14.5. The normalized spacial score (nSPS) is 14.5. The smallest absolute Gasteiger partial charge is 0.254 e. The standard InChI is InChI=1S/C19H19N5O2/c1-14-21-18(22-26-14)15-2-4-17(5-3-15)23-10-12-24(13-11-23)19(25)16-6-8-20-9-7-16/h2-9H,10-13H2,1H3. The fourth-order valence-corrected chi connectivity index (χ4v) is 3.08. The van der Waals surface area contributed by atoms with E-state index in [2.05, 4.69) is 32.2 Å². The van der Waals surface area contributed by atoms with Crippen LogP contribution in [0.15, 0.2) is 53.3 Å². The number of anilines is 1. The monoisotopic (exact) mass is 349 g/mol. The Labute approximate surface area is 151 Å². The largest absolute Gasteiger partial charge is 0.368 e. The number of rotatable bonds is 3. The first-order valence-corrected chi connectivity index (χ1v) is 8.56. The van der Waals surface area contributed by atoms with Crippen molar-refractivity contribution in [3.05, 3.63) is 60.2 Å². The van der Waals surface area contributed by atoms with Crippen LogP contribution < -0.4 is 4.90 Å². The number of hydrogen-bond acceptors (Lipinski definition) is 6. The van der Waals surface area contributed by atoms with Crippen molar-refractivity contribution in [2.24, 2.45) is 0 Å². The molecule has 1 aliphatic heterocycles. The first-order valence-electron chi connectivity index (χ1n) is 8.56. The molecule has 0 atom stereocenters. The Morgan fingerprint density at radius 1 is 1.00 bits per heavy atom. The lowest BCUT2D eigenvalue weighted by Gasteiger charge is -2.36. The molecule has 1 aliphatic rings. The van der Waals surface area contributed by atoms with Gasteiger partial charge < -0.3 is 14.3 Å². The van der Waals surface area contributed by atoms with E-state index in [4.69, 9.17) is 4.52 Å². The van der Waals surface area contributed by atoms with E-state index in [0.717, 1.165) is 24.3 Å². The molecular formula is C19H19N5O2. The predicted octanol–water partition coefficient (Wildman–Crippen LogP) is 2.40. The van der Waals surface area contributed by atoms with Gasteiger partial charge in [0.25, 0.3) is 5.91 Å². The van der Waals surface area contributed by atoms with Gasteiger partial charge in [0.05, 0.1) is 0 Å². The van der Waals surface area contributed by atoms with Gasteiger partial charge in [0.1, 0.15) is 0 Å². The van der Waals surface area contributed by atoms with Gasteiger partial charge in [-0.05, 0) is 36.4 Å². The zero-order valence-electron chi connectivity index (χ0n) is 14.5. The van der Waals surface area contributed by atoms with E-state index in [1.54, 1.807) is 31.5 Å². The molecule has 3 heterocycles. The summed E-state index contributed by atoms with van der Waals surface area (Å²) in [6.07, 6.45) is 3.30. The molecule has 1 amide bonds. The second-order valence-corrected chi connectivity index (χ2v) is 6.20. The molecule has 0 N–H and O–H groups in total. The number of hydrogen-bond donors (Lipinski definition) is 0. The van der Waals surface area contributed by atoms with Crippen LogP contribution in [0.5, 0.6) is 0 Å². The molecule has 7 heteroatoms. The third kappa shape index (κ3) is 3.28. The van der Waals surface area contributed by atoms with Crippen molar-refractivity contribution in [2.75, 3.05) is 31.1 Å². The van der Waals surface area contributed by atoms with Crippen molar-refractivity contribution in [1.82, 2.24) is 20.0 Å². The molecule has 1 aromatic carbocycles. The van der Waals surface area contributed by atoms with E-state index in [1.165, 1.54) is 0 Å². The van der Waals surface area contributed by atoms with Gasteiger partial charge in [-0.25, -0.2) is 0 Å². The Balaban J connectivity index is 1.39. The molecule has 1 saturated heterocycles. The molecule has 0 unspecified atom stereocenters. The highest BCUT2D eigenvalue weighted by molar-refractivity contribution is 5.94. The molecule has 0 saturated carbocycles. The van der Waals surface area contributed by atoms with Crippen molar-refractivity contribution in [3.63, 3.8) is 0 Å². The predicted molar refractivity (Wildman–Crippen MR) is 96.8 cm³/mol. The molecule has 3 aromatic rings. The number of carbonyl (C=O) groups excluding carboxylic acids is 1. The highest BCUT2D eigenvalue weighted by Gasteiger charge is 2.22. The maximum absolute atomic E-state index is 12.5. The van der Waals surface area contributed by atoms with Crippen molar-refractivity contribution < 1.29 is 9.32 Å². The second kappa shape index (κ2) is 6.95. The molecule has 4 rings (SSSR count). The van der Waals surface area contributed by atoms with Crippen molar-refractivity contribution in [3.8, 4) is 11.4 Å². The van der Waals surface area contributed by atoms with Gasteiger partial charge in [-0.3, -0.25) is 9.78 Å². The van der Waals surface area contributed by atoms with E-state index in [1.807, 2.05) is 17.0 Å². The van der Waals surface area contributed by atoms with Crippen LogP contribution in [0.25, 0.3) is 11.4 Å². The highest BCUT2D eigenvalue weighted by atomic mass is 16.5. The Morgan fingerprint density at radius 2 is 1.69 bits per heavy atom. The lowest BCUT2D eigenvalue weighted by atomic mass is 10.1. The van der Waals surface area contributed by atoms with Gasteiger partial charge in [-0.1, -0.05) is 5.16 Å². The summed E-state index contributed by atoms with van der Waals surface area (Å²) in [5, 5.41) is 3.94. The van der Waals surface area contributed by atoms with Gasteiger partial charge in [-0.2, -0.15) is 4.98 Å². The summed E-state index contributed by atoms with van der Waals surface area (Å²) >= 11 is 0. The number of aryl methyl sites for hydroxylation is 1. The third-order valence-corrected chi connectivity index (χ3v) is 4.51. The molecule has 2 aromatic heterocycles. The van der Waals surface area contributed by atoms with E-state index >= 15 is 0 Å². The van der Waals surface area contributed by atoms with Crippen LogP contribution in [0, 0.1) is 6.92 Å². The van der Waals surface area contributed by atoms with Crippen LogP contribution in [0.1, 0.15) is 16.2 Å². The molecule has 0 aliphatic carbocycles. The lowest BCUT2D eigenvalue weighted by molar-refractivity contribution is 0.0746. The summed E-state index contributed by atoms with van der Waals surface area (Å²) in [5.41, 5.74) is 2.75. The second-order valence-electron chi connectivity index (χ2n) is 6.20. The number of piperazine rings is 1. The van der Waals surface area contributed by atoms with E-state index in [-0.39, 0.29) is 5.91 Å². The van der Waals surface area contributed by atoms with E-state index in [0.29, 0.717) is 30.4 Å². The van der Waals surface area contributed by atoms with Crippen LogP contribution in [0.2, 0.25) is 0 Å². The van der Waals surface area contributed by atoms with Crippen molar-refractivity contribution in [2.45, 2.75) is 6.92 Å². The average Bonchev–Trinajstić information content (AvgIpc) is 3.15.